The maximum absolute atomic E-state index is 12.8. The second-order valence-corrected chi connectivity index (χ2v) is 18.6. The molecule has 0 N–H and O–H groups in total. The third kappa shape index (κ3) is 48.7. The minimum absolute atomic E-state index is 0.0852. The molecule has 12 heteroatoms. The van der Waals surface area contributed by atoms with Crippen LogP contribution in [-0.2, 0) is 57.1 Å². The molecule has 0 saturated heterocycles. The highest BCUT2D eigenvalue weighted by molar-refractivity contribution is 5.82. The summed E-state index contributed by atoms with van der Waals surface area (Å²) in [5, 5.41) is 0. The molecule has 0 aliphatic rings. The highest BCUT2D eigenvalue weighted by Gasteiger charge is 2.28. The van der Waals surface area contributed by atoms with E-state index in [1.54, 1.807) is 0 Å². The maximum atomic E-state index is 12.8. The minimum Gasteiger partial charge on any atom is -0.466 e. The summed E-state index contributed by atoms with van der Waals surface area (Å²) >= 11 is 0. The van der Waals surface area contributed by atoms with Crippen LogP contribution in [0.15, 0.2) is 0 Å². The van der Waals surface area contributed by atoms with Gasteiger partial charge in [-0.2, -0.15) is 0 Å². The lowest BCUT2D eigenvalue weighted by Gasteiger charge is -2.21. The average Bonchev–Trinajstić information content (AvgIpc) is 3.32. The Morgan fingerprint density at radius 3 is 1.13 bits per heavy atom. The van der Waals surface area contributed by atoms with E-state index < -0.39 is 36.1 Å². The number of carbonyl (C=O) groups is 4. The standard InChI is InChI=1S/2C28H54O6/c1-6-9-12-14-18-24(4)33-27(29)23-26(32-22-17-16-21-31-20-11-8-3)28(30)34-25(5)19-15-13-10-7-2;1-4-7-10-12-14-16-23-33-27(29)25-26(32-22-19-18-21-31-20-9-6-3)28(30)34-24-17-15-13-11-8-5-2/h24-26H,6-23H2,1-5H3;26H,4-25H2,1-3H3. The Kier molecular flexibility index (Phi) is 53.9. The first-order chi connectivity index (χ1) is 33.1. The predicted octanol–water partition coefficient (Wildman–Crippen LogP) is 14.3. The molecular weight excluding hydrogens is 865 g/mol. The Labute approximate surface area is 417 Å². The number of hydrogen-bond acceptors (Lipinski definition) is 12. The molecule has 0 aromatic carbocycles. The van der Waals surface area contributed by atoms with Gasteiger partial charge in [0.2, 0.25) is 0 Å². The normalized spacial score (nSPS) is 12.9. The number of carbonyl (C=O) groups excluding carboxylic acids is 4. The lowest BCUT2D eigenvalue weighted by atomic mass is 10.1. The molecule has 4 atom stereocenters. The number of rotatable bonds is 50. The Morgan fingerprint density at radius 1 is 0.324 bits per heavy atom. The molecule has 0 bridgehead atoms. The quantitative estimate of drug-likeness (QED) is 0.0325. The van der Waals surface area contributed by atoms with E-state index in [1.807, 2.05) is 13.8 Å². The van der Waals surface area contributed by atoms with Gasteiger partial charge < -0.3 is 37.9 Å². The monoisotopic (exact) mass is 973 g/mol. The molecule has 0 aliphatic heterocycles. The number of ether oxygens (including phenoxy) is 8. The Morgan fingerprint density at radius 2 is 0.662 bits per heavy atom. The lowest BCUT2D eigenvalue weighted by molar-refractivity contribution is -0.169. The number of esters is 4. The Balaban J connectivity index is 0. The highest BCUT2D eigenvalue weighted by atomic mass is 16.6. The van der Waals surface area contributed by atoms with E-state index in [1.165, 1.54) is 70.6 Å². The lowest BCUT2D eigenvalue weighted by Crippen LogP contribution is -2.33. The van der Waals surface area contributed by atoms with Crippen LogP contribution in [0, 0.1) is 0 Å². The molecule has 4 unspecified atom stereocenters. The second kappa shape index (κ2) is 54.1. The first-order valence-corrected chi connectivity index (χ1v) is 28.2. The summed E-state index contributed by atoms with van der Waals surface area (Å²) in [7, 11) is 0. The van der Waals surface area contributed by atoms with Crippen LogP contribution in [0.5, 0.6) is 0 Å². The second-order valence-electron chi connectivity index (χ2n) is 18.6. The molecule has 0 fully saturated rings. The summed E-state index contributed by atoms with van der Waals surface area (Å²) in [5.74, 6) is -1.71. The van der Waals surface area contributed by atoms with Crippen molar-refractivity contribution in [3.63, 3.8) is 0 Å². The zero-order valence-corrected chi connectivity index (χ0v) is 45.5. The number of unbranched alkanes of at least 4 members (excludes halogenated alkanes) is 20. The van der Waals surface area contributed by atoms with Crippen molar-refractivity contribution in [2.24, 2.45) is 0 Å². The minimum atomic E-state index is -0.918. The van der Waals surface area contributed by atoms with Crippen molar-refractivity contribution in [1.82, 2.24) is 0 Å². The topological polar surface area (TPSA) is 142 Å². The fraction of sp³-hybridized carbons (Fsp3) is 0.929. The van der Waals surface area contributed by atoms with Crippen molar-refractivity contribution in [2.75, 3.05) is 52.9 Å². The zero-order valence-electron chi connectivity index (χ0n) is 45.5. The molecule has 0 amide bonds. The molecular formula is C56H108O12. The van der Waals surface area contributed by atoms with Crippen LogP contribution in [0.3, 0.4) is 0 Å². The highest BCUT2D eigenvalue weighted by Crippen LogP contribution is 2.15. The summed E-state index contributed by atoms with van der Waals surface area (Å²) in [6, 6.07) is 0. The molecule has 0 saturated carbocycles. The van der Waals surface area contributed by atoms with Crippen molar-refractivity contribution in [1.29, 1.82) is 0 Å². The van der Waals surface area contributed by atoms with Gasteiger partial charge in [0.15, 0.2) is 12.2 Å². The molecule has 0 aromatic heterocycles. The molecule has 68 heavy (non-hydrogen) atoms. The zero-order chi connectivity index (χ0) is 50.6. The van der Waals surface area contributed by atoms with E-state index in [9.17, 15) is 19.2 Å². The first-order valence-electron chi connectivity index (χ1n) is 28.2. The van der Waals surface area contributed by atoms with Crippen LogP contribution in [-0.4, -0.2) is 101 Å². The molecule has 0 heterocycles. The van der Waals surface area contributed by atoms with Gasteiger partial charge in [-0.1, -0.05) is 157 Å². The van der Waals surface area contributed by atoms with E-state index in [2.05, 4.69) is 41.5 Å². The molecule has 0 aliphatic carbocycles. The van der Waals surface area contributed by atoms with Crippen molar-refractivity contribution >= 4 is 23.9 Å². The van der Waals surface area contributed by atoms with E-state index in [-0.39, 0.29) is 25.0 Å². The summed E-state index contributed by atoms with van der Waals surface area (Å²) < 4.78 is 44.6. The largest absolute Gasteiger partial charge is 0.466 e. The predicted molar refractivity (Wildman–Crippen MR) is 276 cm³/mol. The molecule has 404 valence electrons. The summed E-state index contributed by atoms with van der Waals surface area (Å²) in [6.07, 6.45) is 29.7. The third-order valence-corrected chi connectivity index (χ3v) is 11.6. The van der Waals surface area contributed by atoms with E-state index in [0.717, 1.165) is 135 Å². The van der Waals surface area contributed by atoms with Crippen LogP contribution in [0.25, 0.3) is 0 Å². The third-order valence-electron chi connectivity index (χ3n) is 11.6. The SMILES string of the molecule is CCCCCCC(C)OC(=O)CC(OCCCCOCCCC)C(=O)OC(C)CCCCCC.CCCCCCCCOC(=O)CC(OCCCCOCCCC)C(=O)OCCCCCCCC. The van der Waals surface area contributed by atoms with Crippen LogP contribution in [0.2, 0.25) is 0 Å². The van der Waals surface area contributed by atoms with Gasteiger partial charge in [0.05, 0.1) is 38.3 Å². The smallest absolute Gasteiger partial charge is 0.336 e. The van der Waals surface area contributed by atoms with Gasteiger partial charge in [-0.3, -0.25) is 9.59 Å². The van der Waals surface area contributed by atoms with Crippen molar-refractivity contribution < 1.29 is 57.1 Å². The van der Waals surface area contributed by atoms with E-state index >= 15 is 0 Å². The summed E-state index contributed by atoms with van der Waals surface area (Å²) in [5.41, 5.74) is 0. The van der Waals surface area contributed by atoms with E-state index in [4.69, 9.17) is 37.9 Å². The molecule has 12 nitrogen and oxygen atoms in total. The van der Waals surface area contributed by atoms with Crippen LogP contribution >= 0.6 is 0 Å². The average molecular weight is 973 g/mol. The van der Waals surface area contributed by atoms with Gasteiger partial charge in [-0.25, -0.2) is 9.59 Å². The van der Waals surface area contributed by atoms with Crippen molar-refractivity contribution in [2.45, 2.75) is 285 Å². The first kappa shape index (κ1) is 67.8. The maximum Gasteiger partial charge on any atom is 0.336 e. The van der Waals surface area contributed by atoms with Gasteiger partial charge >= 0.3 is 23.9 Å². The molecule has 0 radical (unpaired) electrons. The van der Waals surface area contributed by atoms with Gasteiger partial charge in [0.25, 0.3) is 0 Å². The molecule has 0 spiro atoms. The fourth-order valence-corrected chi connectivity index (χ4v) is 7.14. The van der Waals surface area contributed by atoms with Crippen LogP contribution < -0.4 is 0 Å². The van der Waals surface area contributed by atoms with Gasteiger partial charge in [-0.15, -0.1) is 0 Å². The Bertz CT molecular complexity index is 1100. The summed E-state index contributed by atoms with van der Waals surface area (Å²) in [6.45, 7) is 21.4. The summed E-state index contributed by atoms with van der Waals surface area (Å²) in [4.78, 5) is 50.1. The van der Waals surface area contributed by atoms with Gasteiger partial charge in [-0.05, 0) is 90.9 Å². The number of hydrogen-bond donors (Lipinski definition) is 0. The van der Waals surface area contributed by atoms with Gasteiger partial charge in [0.1, 0.15) is 0 Å². The molecule has 0 aromatic rings. The van der Waals surface area contributed by atoms with Gasteiger partial charge in [0, 0.05) is 39.6 Å². The van der Waals surface area contributed by atoms with Crippen molar-refractivity contribution in [3.8, 4) is 0 Å². The fourth-order valence-electron chi connectivity index (χ4n) is 7.14. The molecule has 0 rings (SSSR count). The van der Waals surface area contributed by atoms with Crippen molar-refractivity contribution in [3.05, 3.63) is 0 Å². The van der Waals surface area contributed by atoms with Crippen LogP contribution in [0.4, 0.5) is 0 Å². The van der Waals surface area contributed by atoms with Crippen LogP contribution in [0.1, 0.15) is 261 Å². The van der Waals surface area contributed by atoms with E-state index in [0.29, 0.717) is 39.6 Å². The Hall–Kier alpha value is -2.28.